The first-order valence-electron chi connectivity index (χ1n) is 8.37. The number of nitrogens with zero attached hydrogens (tertiary/aromatic N) is 4. The highest BCUT2D eigenvalue weighted by atomic mass is 32.2. The molecule has 0 saturated heterocycles. The Morgan fingerprint density at radius 1 is 1.12 bits per heavy atom. The van der Waals surface area contributed by atoms with E-state index in [0.29, 0.717) is 18.4 Å². The Kier molecular flexibility index (Phi) is 5.90. The van der Waals surface area contributed by atoms with Crippen LogP contribution in [-0.2, 0) is 13.1 Å². The van der Waals surface area contributed by atoms with E-state index in [-0.39, 0.29) is 0 Å². The molecule has 2 heterocycles. The molecule has 0 aliphatic heterocycles. The van der Waals surface area contributed by atoms with Crippen LogP contribution >= 0.6 is 11.8 Å². The van der Waals surface area contributed by atoms with Gasteiger partial charge in [0.05, 0.1) is 5.69 Å². The summed E-state index contributed by atoms with van der Waals surface area (Å²) in [5.74, 6) is 2.14. The lowest BCUT2D eigenvalue weighted by Gasteiger charge is -2.15. The van der Waals surface area contributed by atoms with E-state index in [2.05, 4.69) is 43.6 Å². The Morgan fingerprint density at radius 3 is 2.42 bits per heavy atom. The molecule has 0 bridgehead atoms. The molecule has 0 saturated carbocycles. The fourth-order valence-electron chi connectivity index (χ4n) is 2.62. The highest BCUT2D eigenvalue weighted by Gasteiger charge is 2.13. The topological polar surface area (TPSA) is 67.1 Å². The molecule has 0 fully saturated rings. The largest absolute Gasteiger partial charge is 0.441 e. The predicted octanol–water partition coefficient (Wildman–Crippen LogP) is 3.84. The highest BCUT2D eigenvalue weighted by molar-refractivity contribution is 7.98. The van der Waals surface area contributed by atoms with Crippen molar-refractivity contribution in [3.63, 3.8) is 0 Å². The molecule has 1 aromatic carbocycles. The molecule has 26 heavy (non-hydrogen) atoms. The van der Waals surface area contributed by atoms with E-state index >= 15 is 0 Å². The molecule has 6 nitrogen and oxygen atoms in total. The van der Waals surface area contributed by atoms with Crippen LogP contribution in [0.25, 0.3) is 11.5 Å². The van der Waals surface area contributed by atoms with Crippen LogP contribution in [0.5, 0.6) is 0 Å². The SMILES string of the molecule is CNc1ncc(CN(C)Cc2nc(-c3ccc(SC)cc3)oc2C)cn1. The number of hydrogen-bond donors (Lipinski definition) is 1. The van der Waals surface area contributed by atoms with Crippen molar-refractivity contribution in [1.29, 1.82) is 0 Å². The zero-order chi connectivity index (χ0) is 18.5. The van der Waals surface area contributed by atoms with Gasteiger partial charge in [0.25, 0.3) is 0 Å². The molecule has 0 aliphatic carbocycles. The van der Waals surface area contributed by atoms with Crippen LogP contribution in [0.2, 0.25) is 0 Å². The highest BCUT2D eigenvalue weighted by Crippen LogP contribution is 2.25. The number of aryl methyl sites for hydroxylation is 1. The van der Waals surface area contributed by atoms with E-state index in [9.17, 15) is 0 Å². The van der Waals surface area contributed by atoms with Crippen molar-refractivity contribution < 1.29 is 4.42 Å². The second-order valence-electron chi connectivity index (χ2n) is 6.09. The van der Waals surface area contributed by atoms with Crippen molar-refractivity contribution in [2.24, 2.45) is 0 Å². The molecule has 1 N–H and O–H groups in total. The van der Waals surface area contributed by atoms with Crippen LogP contribution in [0.4, 0.5) is 5.95 Å². The molecule has 136 valence electrons. The van der Waals surface area contributed by atoms with Gasteiger partial charge in [-0.2, -0.15) is 0 Å². The Hall–Kier alpha value is -2.38. The summed E-state index contributed by atoms with van der Waals surface area (Å²) in [5, 5.41) is 2.92. The van der Waals surface area contributed by atoms with E-state index in [1.54, 1.807) is 18.8 Å². The number of hydrogen-bond acceptors (Lipinski definition) is 7. The zero-order valence-corrected chi connectivity index (χ0v) is 16.3. The first-order valence-corrected chi connectivity index (χ1v) is 9.59. The average Bonchev–Trinajstić information content (AvgIpc) is 3.02. The predicted molar refractivity (Wildman–Crippen MR) is 105 cm³/mol. The number of aromatic nitrogens is 3. The van der Waals surface area contributed by atoms with Crippen LogP contribution in [0.1, 0.15) is 17.0 Å². The summed E-state index contributed by atoms with van der Waals surface area (Å²) in [4.78, 5) is 16.6. The van der Waals surface area contributed by atoms with Gasteiger partial charge in [0.2, 0.25) is 11.8 Å². The van der Waals surface area contributed by atoms with E-state index in [4.69, 9.17) is 4.42 Å². The summed E-state index contributed by atoms with van der Waals surface area (Å²) >= 11 is 1.72. The molecule has 0 amide bonds. The lowest BCUT2D eigenvalue weighted by atomic mass is 10.2. The van der Waals surface area contributed by atoms with Gasteiger partial charge in [0, 0.05) is 48.6 Å². The third-order valence-electron chi connectivity index (χ3n) is 4.03. The quantitative estimate of drug-likeness (QED) is 0.635. The first-order chi connectivity index (χ1) is 12.6. The van der Waals surface area contributed by atoms with Crippen molar-refractivity contribution in [2.45, 2.75) is 24.9 Å². The summed E-state index contributed by atoms with van der Waals surface area (Å²) in [6, 6.07) is 8.26. The van der Waals surface area contributed by atoms with Crippen molar-refractivity contribution in [1.82, 2.24) is 19.9 Å². The zero-order valence-electron chi connectivity index (χ0n) is 15.5. The van der Waals surface area contributed by atoms with E-state index in [1.165, 1.54) is 4.90 Å². The molecule has 0 radical (unpaired) electrons. The third-order valence-corrected chi connectivity index (χ3v) is 4.77. The Labute approximate surface area is 158 Å². The van der Waals surface area contributed by atoms with E-state index < -0.39 is 0 Å². The molecule has 0 aliphatic rings. The number of anilines is 1. The number of rotatable bonds is 7. The summed E-state index contributed by atoms with van der Waals surface area (Å²) in [7, 11) is 3.85. The molecule has 3 aromatic rings. The Bertz CT molecular complexity index is 845. The fourth-order valence-corrected chi connectivity index (χ4v) is 3.03. The van der Waals surface area contributed by atoms with Gasteiger partial charge in [-0.05, 0) is 44.5 Å². The molecule has 3 rings (SSSR count). The summed E-state index contributed by atoms with van der Waals surface area (Å²) in [5.41, 5.74) is 3.00. The molecule has 2 aromatic heterocycles. The lowest BCUT2D eigenvalue weighted by molar-refractivity contribution is 0.312. The van der Waals surface area contributed by atoms with Gasteiger partial charge in [-0.1, -0.05) is 0 Å². The second-order valence-corrected chi connectivity index (χ2v) is 6.97. The minimum atomic E-state index is 0.626. The van der Waals surface area contributed by atoms with Crippen LogP contribution in [0.15, 0.2) is 46.0 Å². The first kappa shape index (κ1) is 18.4. The summed E-state index contributed by atoms with van der Waals surface area (Å²) in [6.45, 7) is 3.40. The van der Waals surface area contributed by atoms with Gasteiger partial charge in [-0.3, -0.25) is 4.90 Å². The third kappa shape index (κ3) is 4.42. The smallest absolute Gasteiger partial charge is 0.226 e. The second kappa shape index (κ2) is 8.33. The van der Waals surface area contributed by atoms with Crippen LogP contribution in [-0.4, -0.2) is 40.2 Å². The van der Waals surface area contributed by atoms with Crippen LogP contribution in [0.3, 0.4) is 0 Å². The normalized spacial score (nSPS) is 11.1. The molecule has 0 atom stereocenters. The van der Waals surface area contributed by atoms with Gasteiger partial charge in [0.1, 0.15) is 5.76 Å². The average molecular weight is 369 g/mol. The number of nitrogens with one attached hydrogen (secondary N) is 1. The molecule has 0 spiro atoms. The maximum Gasteiger partial charge on any atom is 0.226 e. The van der Waals surface area contributed by atoms with Crippen LogP contribution < -0.4 is 5.32 Å². The standard InChI is InChI=1S/C19H23N5OS/c1-13-17(12-24(3)11-14-9-21-19(20-2)22-10-14)23-18(25-13)15-5-7-16(26-4)8-6-15/h5-10H,11-12H2,1-4H3,(H,20,21,22). The van der Waals surface area contributed by atoms with Crippen LogP contribution in [0, 0.1) is 6.92 Å². The molecular weight excluding hydrogens is 346 g/mol. The number of oxazole rings is 1. The minimum absolute atomic E-state index is 0.626. The maximum atomic E-state index is 5.88. The van der Waals surface area contributed by atoms with Crippen molar-refractivity contribution in [2.75, 3.05) is 25.7 Å². The van der Waals surface area contributed by atoms with Gasteiger partial charge >= 0.3 is 0 Å². The van der Waals surface area contributed by atoms with E-state index in [1.807, 2.05) is 38.5 Å². The molecular formula is C19H23N5OS. The van der Waals surface area contributed by atoms with Gasteiger partial charge in [0.15, 0.2) is 0 Å². The molecule has 0 unspecified atom stereocenters. The van der Waals surface area contributed by atoms with Crippen molar-refractivity contribution >= 4 is 17.7 Å². The van der Waals surface area contributed by atoms with Gasteiger partial charge in [-0.15, -0.1) is 11.8 Å². The van der Waals surface area contributed by atoms with E-state index in [0.717, 1.165) is 29.1 Å². The monoisotopic (exact) mass is 369 g/mol. The number of benzene rings is 1. The fraction of sp³-hybridized carbons (Fsp3) is 0.316. The van der Waals surface area contributed by atoms with Gasteiger partial charge < -0.3 is 9.73 Å². The van der Waals surface area contributed by atoms with Crippen molar-refractivity contribution in [3.05, 3.63) is 53.7 Å². The number of thioether (sulfide) groups is 1. The maximum absolute atomic E-state index is 5.88. The summed E-state index contributed by atoms with van der Waals surface area (Å²) in [6.07, 6.45) is 5.74. The Morgan fingerprint density at radius 2 is 1.81 bits per heavy atom. The Balaban J connectivity index is 1.67. The lowest BCUT2D eigenvalue weighted by Crippen LogP contribution is -2.18. The minimum Gasteiger partial charge on any atom is -0.441 e. The molecule has 7 heteroatoms. The van der Waals surface area contributed by atoms with Gasteiger partial charge in [-0.25, -0.2) is 15.0 Å². The van der Waals surface area contributed by atoms with Crippen molar-refractivity contribution in [3.8, 4) is 11.5 Å². The summed E-state index contributed by atoms with van der Waals surface area (Å²) < 4.78 is 5.88.